The van der Waals surface area contributed by atoms with Crippen molar-refractivity contribution in [1.29, 1.82) is 0 Å². The van der Waals surface area contributed by atoms with Crippen LogP contribution >= 0.6 is 11.8 Å². The number of methoxy groups -OCH3 is 1. The molecule has 0 aliphatic rings. The molecule has 0 saturated carbocycles. The van der Waals surface area contributed by atoms with Gasteiger partial charge in [0.15, 0.2) is 5.96 Å². The second-order valence-corrected chi connectivity index (χ2v) is 8.10. The summed E-state index contributed by atoms with van der Waals surface area (Å²) in [5.74, 6) is 2.64. The van der Waals surface area contributed by atoms with Crippen LogP contribution in [0.3, 0.4) is 0 Å². The van der Waals surface area contributed by atoms with E-state index in [9.17, 15) is 0 Å². The smallest absolute Gasteiger partial charge is 0.191 e. The maximum atomic E-state index is 5.38. The van der Waals surface area contributed by atoms with Gasteiger partial charge in [0.25, 0.3) is 0 Å². The number of ether oxygens (including phenoxy) is 1. The SMILES string of the molecule is COc1ccc(CN=C(NCCc2ccco2)NCC(C)(C)SC)cc1. The summed E-state index contributed by atoms with van der Waals surface area (Å²) in [5, 5.41) is 6.84. The lowest BCUT2D eigenvalue weighted by Gasteiger charge is -2.24. The molecule has 6 heteroatoms. The van der Waals surface area contributed by atoms with Crippen molar-refractivity contribution >= 4 is 17.7 Å². The third-order valence-electron chi connectivity index (χ3n) is 4.06. The number of nitrogens with one attached hydrogen (secondary N) is 2. The molecule has 0 atom stereocenters. The number of nitrogens with zero attached hydrogens (tertiary/aromatic N) is 1. The minimum Gasteiger partial charge on any atom is -0.497 e. The van der Waals surface area contributed by atoms with E-state index in [0.717, 1.165) is 42.5 Å². The summed E-state index contributed by atoms with van der Waals surface area (Å²) < 4.78 is 10.7. The molecule has 2 N–H and O–H groups in total. The minimum absolute atomic E-state index is 0.142. The second-order valence-electron chi connectivity index (χ2n) is 6.59. The quantitative estimate of drug-likeness (QED) is 0.517. The van der Waals surface area contributed by atoms with Gasteiger partial charge in [-0.2, -0.15) is 11.8 Å². The second kappa shape index (κ2) is 10.2. The summed E-state index contributed by atoms with van der Waals surface area (Å²) in [5.41, 5.74) is 1.14. The Morgan fingerprint density at radius 2 is 1.96 bits per heavy atom. The molecule has 0 fully saturated rings. The van der Waals surface area contributed by atoms with E-state index >= 15 is 0 Å². The lowest BCUT2D eigenvalue weighted by molar-refractivity contribution is 0.414. The molecule has 0 aliphatic carbocycles. The maximum absolute atomic E-state index is 5.38. The predicted molar refractivity (Wildman–Crippen MR) is 110 cm³/mol. The van der Waals surface area contributed by atoms with Crippen molar-refractivity contribution in [2.45, 2.75) is 31.6 Å². The van der Waals surface area contributed by atoms with E-state index in [4.69, 9.17) is 14.1 Å². The highest BCUT2D eigenvalue weighted by Crippen LogP contribution is 2.19. The number of thioether (sulfide) groups is 1. The molecule has 2 rings (SSSR count). The van der Waals surface area contributed by atoms with Crippen LogP contribution in [0.15, 0.2) is 52.1 Å². The first kappa shape index (κ1) is 20.2. The van der Waals surface area contributed by atoms with Crippen LogP contribution in [-0.2, 0) is 13.0 Å². The molecule has 142 valence electrons. The molecule has 0 saturated heterocycles. The van der Waals surface area contributed by atoms with Crippen molar-refractivity contribution in [2.24, 2.45) is 4.99 Å². The zero-order valence-corrected chi connectivity index (χ0v) is 16.9. The third-order valence-corrected chi connectivity index (χ3v) is 5.31. The molecule has 1 heterocycles. The van der Waals surface area contributed by atoms with Gasteiger partial charge in [0, 0.05) is 24.3 Å². The van der Waals surface area contributed by atoms with E-state index in [2.05, 4.69) is 30.7 Å². The molecule has 26 heavy (non-hydrogen) atoms. The molecule has 0 aliphatic heterocycles. The first-order chi connectivity index (χ1) is 12.5. The lowest BCUT2D eigenvalue weighted by Crippen LogP contribution is -2.44. The highest BCUT2D eigenvalue weighted by molar-refractivity contribution is 7.99. The van der Waals surface area contributed by atoms with Gasteiger partial charge < -0.3 is 19.8 Å². The Kier molecular flexibility index (Phi) is 7.91. The fourth-order valence-electron chi connectivity index (χ4n) is 2.20. The normalized spacial score (nSPS) is 12.1. The number of guanidine groups is 1. The topological polar surface area (TPSA) is 58.8 Å². The van der Waals surface area contributed by atoms with E-state index in [0.29, 0.717) is 6.54 Å². The van der Waals surface area contributed by atoms with Gasteiger partial charge in [0.05, 0.1) is 19.9 Å². The molecule has 0 amide bonds. The van der Waals surface area contributed by atoms with Crippen LogP contribution in [0, 0.1) is 0 Å². The molecule has 0 bridgehead atoms. The Morgan fingerprint density at radius 3 is 2.58 bits per heavy atom. The molecule has 2 aromatic rings. The zero-order chi connectivity index (χ0) is 18.8. The van der Waals surface area contributed by atoms with Crippen LogP contribution in [-0.4, -0.2) is 37.2 Å². The first-order valence-corrected chi connectivity index (χ1v) is 9.97. The van der Waals surface area contributed by atoms with Gasteiger partial charge >= 0.3 is 0 Å². The summed E-state index contributed by atoms with van der Waals surface area (Å²) in [6.45, 7) is 6.65. The lowest BCUT2D eigenvalue weighted by atomic mass is 10.2. The summed E-state index contributed by atoms with van der Waals surface area (Å²) in [7, 11) is 1.67. The molecular weight excluding hydrogens is 346 g/mol. The number of hydrogen-bond acceptors (Lipinski definition) is 4. The average molecular weight is 376 g/mol. The van der Waals surface area contributed by atoms with Crippen molar-refractivity contribution in [3.8, 4) is 5.75 Å². The van der Waals surface area contributed by atoms with Gasteiger partial charge in [-0.05, 0) is 49.9 Å². The third kappa shape index (κ3) is 7.04. The summed E-state index contributed by atoms with van der Waals surface area (Å²) in [6.07, 6.45) is 4.65. The van der Waals surface area contributed by atoms with Gasteiger partial charge in [-0.3, -0.25) is 0 Å². The van der Waals surface area contributed by atoms with Gasteiger partial charge in [-0.25, -0.2) is 4.99 Å². The number of furan rings is 1. The van der Waals surface area contributed by atoms with E-state index in [1.807, 2.05) is 48.2 Å². The van der Waals surface area contributed by atoms with Gasteiger partial charge in [0.2, 0.25) is 0 Å². The fraction of sp³-hybridized carbons (Fsp3) is 0.450. The number of rotatable bonds is 9. The van der Waals surface area contributed by atoms with Crippen LogP contribution in [0.4, 0.5) is 0 Å². The number of aliphatic imine (C=N–C) groups is 1. The predicted octanol–water partition coefficient (Wildman–Crippen LogP) is 3.71. The zero-order valence-electron chi connectivity index (χ0n) is 16.0. The Labute approximate surface area is 160 Å². The van der Waals surface area contributed by atoms with Crippen molar-refractivity contribution in [2.75, 3.05) is 26.5 Å². The van der Waals surface area contributed by atoms with Crippen LogP contribution < -0.4 is 15.4 Å². The average Bonchev–Trinajstić information content (AvgIpc) is 3.17. The molecule has 0 radical (unpaired) electrons. The molecule has 1 aromatic carbocycles. The molecule has 1 aromatic heterocycles. The Morgan fingerprint density at radius 1 is 1.19 bits per heavy atom. The summed E-state index contributed by atoms with van der Waals surface area (Å²) in [4.78, 5) is 4.72. The molecule has 5 nitrogen and oxygen atoms in total. The monoisotopic (exact) mass is 375 g/mol. The van der Waals surface area contributed by atoms with Crippen LogP contribution in [0.25, 0.3) is 0 Å². The number of hydrogen-bond donors (Lipinski definition) is 2. The standard InChI is InChI=1S/C20H29N3O2S/c1-20(2,26-4)15-23-19(21-12-11-18-6-5-13-25-18)22-14-16-7-9-17(24-3)10-8-16/h5-10,13H,11-12,14-15H2,1-4H3,(H2,21,22,23). The Balaban J connectivity index is 1.94. The van der Waals surface area contributed by atoms with E-state index in [-0.39, 0.29) is 4.75 Å². The molecular formula is C20H29N3O2S. The summed E-state index contributed by atoms with van der Waals surface area (Å²) >= 11 is 1.84. The number of benzene rings is 1. The maximum Gasteiger partial charge on any atom is 0.191 e. The van der Waals surface area contributed by atoms with Crippen molar-refractivity contribution < 1.29 is 9.15 Å². The molecule has 0 spiro atoms. The largest absolute Gasteiger partial charge is 0.497 e. The minimum atomic E-state index is 0.142. The van der Waals surface area contributed by atoms with E-state index < -0.39 is 0 Å². The van der Waals surface area contributed by atoms with Gasteiger partial charge in [-0.15, -0.1) is 0 Å². The van der Waals surface area contributed by atoms with Crippen LogP contribution in [0.5, 0.6) is 5.75 Å². The van der Waals surface area contributed by atoms with Gasteiger partial charge in [-0.1, -0.05) is 12.1 Å². The van der Waals surface area contributed by atoms with E-state index in [1.54, 1.807) is 13.4 Å². The highest BCUT2D eigenvalue weighted by atomic mass is 32.2. The first-order valence-electron chi connectivity index (χ1n) is 8.75. The van der Waals surface area contributed by atoms with Crippen molar-refractivity contribution in [3.63, 3.8) is 0 Å². The fourth-order valence-corrected chi connectivity index (χ4v) is 2.42. The van der Waals surface area contributed by atoms with Crippen LogP contribution in [0.1, 0.15) is 25.2 Å². The summed E-state index contributed by atoms with van der Waals surface area (Å²) in [6, 6.07) is 11.9. The molecule has 0 unspecified atom stereocenters. The highest BCUT2D eigenvalue weighted by Gasteiger charge is 2.16. The Bertz CT molecular complexity index is 667. The van der Waals surface area contributed by atoms with Crippen molar-refractivity contribution in [3.05, 3.63) is 54.0 Å². The Hall–Kier alpha value is -2.08. The van der Waals surface area contributed by atoms with Gasteiger partial charge in [0.1, 0.15) is 11.5 Å². The van der Waals surface area contributed by atoms with E-state index in [1.165, 1.54) is 0 Å². The van der Waals surface area contributed by atoms with Crippen molar-refractivity contribution in [1.82, 2.24) is 10.6 Å². The van der Waals surface area contributed by atoms with Crippen LogP contribution in [0.2, 0.25) is 0 Å².